The molecule has 1 saturated heterocycles. The summed E-state index contributed by atoms with van der Waals surface area (Å²) in [7, 11) is 1.38. The van der Waals surface area contributed by atoms with Gasteiger partial charge in [0.15, 0.2) is 0 Å². The normalized spacial score (nSPS) is 29.6. The molecular formula is C17H16O4. The molecule has 1 aliphatic heterocycles. The van der Waals surface area contributed by atoms with Crippen LogP contribution >= 0.6 is 0 Å². The molecule has 2 unspecified atom stereocenters. The van der Waals surface area contributed by atoms with Crippen molar-refractivity contribution in [2.45, 2.75) is 31.8 Å². The number of carbonyl (C=O) groups excluding carboxylic acids is 2. The average molecular weight is 284 g/mol. The third kappa shape index (κ3) is 1.56. The highest BCUT2D eigenvalue weighted by molar-refractivity contribution is 5.94. The minimum absolute atomic E-state index is 0.125. The molecule has 4 heteroatoms. The first-order valence-corrected chi connectivity index (χ1v) is 7.24. The summed E-state index contributed by atoms with van der Waals surface area (Å²) in [5.74, 6) is -0.624. The molecule has 0 spiro atoms. The molecule has 1 aromatic carbocycles. The van der Waals surface area contributed by atoms with Gasteiger partial charge in [0.2, 0.25) is 0 Å². The second kappa shape index (κ2) is 4.20. The Labute approximate surface area is 122 Å². The summed E-state index contributed by atoms with van der Waals surface area (Å²) >= 11 is 0. The molecular weight excluding hydrogens is 268 g/mol. The van der Waals surface area contributed by atoms with Gasteiger partial charge in [0.1, 0.15) is 11.5 Å². The molecule has 0 bridgehead atoms. The van der Waals surface area contributed by atoms with Crippen molar-refractivity contribution in [2.75, 3.05) is 7.11 Å². The first-order chi connectivity index (χ1) is 10.2. The van der Waals surface area contributed by atoms with Gasteiger partial charge in [-0.15, -0.1) is 0 Å². The summed E-state index contributed by atoms with van der Waals surface area (Å²) in [6, 6.07) is 8.28. The number of ether oxygens (including phenoxy) is 2. The largest absolute Gasteiger partial charge is 0.468 e. The third-order valence-electron chi connectivity index (χ3n) is 5.01. The highest BCUT2D eigenvalue weighted by Crippen LogP contribution is 2.56. The summed E-state index contributed by atoms with van der Waals surface area (Å²) in [6.45, 7) is 0. The number of methoxy groups -OCH3 is 1. The summed E-state index contributed by atoms with van der Waals surface area (Å²) in [5, 5.41) is 0. The van der Waals surface area contributed by atoms with Crippen molar-refractivity contribution in [1.29, 1.82) is 0 Å². The van der Waals surface area contributed by atoms with Gasteiger partial charge in [-0.1, -0.05) is 24.3 Å². The fraction of sp³-hybridized carbons (Fsp3) is 0.412. The van der Waals surface area contributed by atoms with Crippen LogP contribution in [0.15, 0.2) is 29.8 Å². The van der Waals surface area contributed by atoms with Gasteiger partial charge in [0, 0.05) is 0 Å². The van der Waals surface area contributed by atoms with Crippen LogP contribution in [0.1, 0.15) is 30.4 Å². The number of carbonyl (C=O) groups is 2. The van der Waals surface area contributed by atoms with E-state index in [1.165, 1.54) is 23.8 Å². The maximum Gasteiger partial charge on any atom is 0.316 e. The summed E-state index contributed by atoms with van der Waals surface area (Å²) < 4.78 is 10.5. The van der Waals surface area contributed by atoms with Crippen LogP contribution in [0.2, 0.25) is 0 Å². The quantitative estimate of drug-likeness (QED) is 0.742. The van der Waals surface area contributed by atoms with Gasteiger partial charge < -0.3 is 9.47 Å². The number of hydrogen-bond donors (Lipinski definition) is 0. The van der Waals surface area contributed by atoms with Crippen LogP contribution in [0.4, 0.5) is 0 Å². The Bertz CT molecular complexity index is 688. The number of esters is 2. The van der Waals surface area contributed by atoms with Crippen molar-refractivity contribution in [3.63, 3.8) is 0 Å². The molecule has 108 valence electrons. The van der Waals surface area contributed by atoms with E-state index in [9.17, 15) is 9.59 Å². The molecule has 0 radical (unpaired) electrons. The van der Waals surface area contributed by atoms with E-state index in [0.717, 1.165) is 18.4 Å². The van der Waals surface area contributed by atoms with Crippen molar-refractivity contribution in [3.05, 3.63) is 41.0 Å². The Hall–Kier alpha value is -2.10. The van der Waals surface area contributed by atoms with Gasteiger partial charge in [-0.3, -0.25) is 9.59 Å². The lowest BCUT2D eigenvalue weighted by molar-refractivity contribution is -0.154. The minimum Gasteiger partial charge on any atom is -0.468 e. The van der Waals surface area contributed by atoms with Gasteiger partial charge in [0.25, 0.3) is 0 Å². The van der Waals surface area contributed by atoms with Gasteiger partial charge in [-0.25, -0.2) is 0 Å². The highest BCUT2D eigenvalue weighted by Gasteiger charge is 2.61. The van der Waals surface area contributed by atoms with Crippen molar-refractivity contribution in [1.82, 2.24) is 0 Å². The van der Waals surface area contributed by atoms with Crippen LogP contribution < -0.4 is 0 Å². The Balaban J connectivity index is 1.84. The fourth-order valence-electron chi connectivity index (χ4n) is 4.09. The number of aryl methyl sites for hydroxylation is 1. The maximum atomic E-state index is 12.3. The Morgan fingerprint density at radius 3 is 2.90 bits per heavy atom. The Kier molecular flexibility index (Phi) is 2.52. The lowest BCUT2D eigenvalue weighted by atomic mass is 9.80. The molecule has 1 heterocycles. The number of hydrogen-bond acceptors (Lipinski definition) is 4. The maximum absolute atomic E-state index is 12.3. The SMILES string of the molecule is COC(=O)C12CC(=O)OC1C1=C(C2)c2ccccc2CC1. The molecule has 21 heavy (non-hydrogen) atoms. The van der Waals surface area contributed by atoms with E-state index in [0.29, 0.717) is 6.42 Å². The van der Waals surface area contributed by atoms with Crippen molar-refractivity contribution >= 4 is 17.5 Å². The molecule has 2 atom stereocenters. The van der Waals surface area contributed by atoms with E-state index < -0.39 is 11.5 Å². The molecule has 4 nitrogen and oxygen atoms in total. The van der Waals surface area contributed by atoms with Crippen molar-refractivity contribution < 1.29 is 19.1 Å². The molecule has 4 rings (SSSR count). The number of rotatable bonds is 1. The predicted octanol–water partition coefficient (Wildman–Crippen LogP) is 2.27. The zero-order chi connectivity index (χ0) is 14.6. The molecule has 1 fully saturated rings. The fourth-order valence-corrected chi connectivity index (χ4v) is 4.09. The standard InChI is InChI=1S/C17H16O4/c1-20-16(19)17-8-13-11-5-3-2-4-10(11)6-7-12(13)15(17)21-14(18)9-17/h2-5,15H,6-9H2,1H3. The molecule has 1 aromatic rings. The number of benzene rings is 1. The topological polar surface area (TPSA) is 52.6 Å². The Morgan fingerprint density at radius 2 is 2.10 bits per heavy atom. The van der Waals surface area contributed by atoms with Crippen LogP contribution in [0.25, 0.3) is 5.57 Å². The van der Waals surface area contributed by atoms with Crippen LogP contribution in [0.3, 0.4) is 0 Å². The second-order valence-corrected chi connectivity index (χ2v) is 6.03. The van der Waals surface area contributed by atoms with Crippen LogP contribution in [-0.4, -0.2) is 25.2 Å². The van der Waals surface area contributed by atoms with E-state index in [2.05, 4.69) is 12.1 Å². The van der Waals surface area contributed by atoms with E-state index in [4.69, 9.17) is 9.47 Å². The van der Waals surface area contributed by atoms with Crippen LogP contribution in [0, 0.1) is 5.41 Å². The van der Waals surface area contributed by atoms with Crippen LogP contribution in [0.5, 0.6) is 0 Å². The van der Waals surface area contributed by atoms with Crippen molar-refractivity contribution in [2.24, 2.45) is 5.41 Å². The second-order valence-electron chi connectivity index (χ2n) is 6.03. The van der Waals surface area contributed by atoms with E-state index in [1.807, 2.05) is 12.1 Å². The van der Waals surface area contributed by atoms with E-state index in [-0.39, 0.29) is 18.4 Å². The minimum atomic E-state index is -0.839. The first kappa shape index (κ1) is 12.6. The lowest BCUT2D eigenvalue weighted by Crippen LogP contribution is -2.37. The number of fused-ring (bicyclic) bond motifs is 4. The highest BCUT2D eigenvalue weighted by atomic mass is 16.6. The van der Waals surface area contributed by atoms with Gasteiger partial charge >= 0.3 is 11.9 Å². The molecule has 0 aromatic heterocycles. The monoisotopic (exact) mass is 284 g/mol. The van der Waals surface area contributed by atoms with Crippen molar-refractivity contribution in [3.8, 4) is 0 Å². The van der Waals surface area contributed by atoms with E-state index >= 15 is 0 Å². The molecule has 0 amide bonds. The van der Waals surface area contributed by atoms with Gasteiger partial charge in [-0.05, 0) is 41.5 Å². The smallest absolute Gasteiger partial charge is 0.316 e. The molecule has 0 N–H and O–H groups in total. The van der Waals surface area contributed by atoms with Crippen LogP contribution in [-0.2, 0) is 25.5 Å². The average Bonchev–Trinajstić information content (AvgIpc) is 2.98. The van der Waals surface area contributed by atoms with E-state index in [1.54, 1.807) is 0 Å². The first-order valence-electron chi connectivity index (χ1n) is 7.24. The summed E-state index contributed by atoms with van der Waals surface area (Å²) in [6.07, 6.45) is 2.02. The number of allylic oxidation sites excluding steroid dienone is 1. The van der Waals surface area contributed by atoms with Gasteiger partial charge in [0.05, 0.1) is 13.5 Å². The Morgan fingerprint density at radius 1 is 1.29 bits per heavy atom. The lowest BCUT2D eigenvalue weighted by Gasteiger charge is -2.24. The zero-order valence-corrected chi connectivity index (χ0v) is 11.8. The molecule has 2 aliphatic carbocycles. The summed E-state index contributed by atoms with van der Waals surface area (Å²) in [4.78, 5) is 24.1. The third-order valence-corrected chi connectivity index (χ3v) is 5.01. The summed E-state index contributed by atoms with van der Waals surface area (Å²) in [5.41, 5.74) is 3.97. The molecule has 0 saturated carbocycles. The zero-order valence-electron chi connectivity index (χ0n) is 11.8. The van der Waals surface area contributed by atoms with Gasteiger partial charge in [-0.2, -0.15) is 0 Å². The molecule has 3 aliphatic rings. The predicted molar refractivity (Wildman–Crippen MR) is 75.2 cm³/mol.